The summed E-state index contributed by atoms with van der Waals surface area (Å²) in [6, 6.07) is 4.57. The van der Waals surface area contributed by atoms with Gasteiger partial charge in [-0.15, -0.1) is 0 Å². The highest BCUT2D eigenvalue weighted by molar-refractivity contribution is 6.36. The van der Waals surface area contributed by atoms with Crippen LogP contribution in [-0.4, -0.2) is 34.5 Å². The number of carboxylic acid groups (broad SMARTS) is 1. The Labute approximate surface area is 114 Å². The number of aliphatic carboxylic acids is 1. The Morgan fingerprint density at radius 2 is 2.00 bits per heavy atom. The van der Waals surface area contributed by atoms with E-state index in [4.69, 9.17) is 28.3 Å². The summed E-state index contributed by atoms with van der Waals surface area (Å²) in [6.45, 7) is -0.303. The van der Waals surface area contributed by atoms with Crippen LogP contribution < -0.4 is 0 Å². The number of benzene rings is 1. The molecule has 1 fully saturated rings. The molecule has 0 aliphatic heterocycles. The largest absolute Gasteiger partial charge is 0.480 e. The van der Waals surface area contributed by atoms with Gasteiger partial charge >= 0.3 is 5.97 Å². The van der Waals surface area contributed by atoms with Crippen molar-refractivity contribution >= 4 is 35.1 Å². The number of carbonyl (C=O) groups is 2. The van der Waals surface area contributed by atoms with Gasteiger partial charge in [0.25, 0.3) is 5.91 Å². The Bertz CT molecular complexity index is 500. The highest BCUT2D eigenvalue weighted by Gasteiger charge is 2.34. The molecule has 96 valence electrons. The number of halogens is 2. The number of amides is 1. The van der Waals surface area contributed by atoms with Crippen LogP contribution in [-0.2, 0) is 4.79 Å². The molecule has 0 bridgehead atoms. The summed E-state index contributed by atoms with van der Waals surface area (Å²) < 4.78 is 0. The SMILES string of the molecule is O=C(O)CN(C(=O)c1ccc(Cl)cc1Cl)C1CC1. The van der Waals surface area contributed by atoms with Crippen LogP contribution in [0.25, 0.3) is 0 Å². The van der Waals surface area contributed by atoms with Gasteiger partial charge in [0.05, 0.1) is 10.6 Å². The average molecular weight is 288 g/mol. The van der Waals surface area contributed by atoms with Crippen LogP contribution >= 0.6 is 23.2 Å². The first-order chi connectivity index (χ1) is 8.49. The third-order valence-corrected chi connectivity index (χ3v) is 3.26. The highest BCUT2D eigenvalue weighted by Crippen LogP contribution is 2.30. The van der Waals surface area contributed by atoms with Crippen molar-refractivity contribution in [2.24, 2.45) is 0 Å². The monoisotopic (exact) mass is 287 g/mol. The molecule has 0 spiro atoms. The first kappa shape index (κ1) is 13.2. The Kier molecular flexibility index (Phi) is 3.78. The smallest absolute Gasteiger partial charge is 0.323 e. The molecule has 6 heteroatoms. The van der Waals surface area contributed by atoms with E-state index in [0.29, 0.717) is 5.02 Å². The van der Waals surface area contributed by atoms with E-state index in [1.54, 1.807) is 6.07 Å². The van der Waals surface area contributed by atoms with E-state index in [-0.39, 0.29) is 29.1 Å². The lowest BCUT2D eigenvalue weighted by Gasteiger charge is -2.20. The average Bonchev–Trinajstić information content (AvgIpc) is 3.08. The maximum Gasteiger partial charge on any atom is 0.323 e. The predicted octanol–water partition coefficient (Wildman–Crippen LogP) is 2.68. The first-order valence-electron chi connectivity index (χ1n) is 5.47. The van der Waals surface area contributed by atoms with Gasteiger partial charge in [0.15, 0.2) is 0 Å². The van der Waals surface area contributed by atoms with Crippen molar-refractivity contribution in [1.29, 1.82) is 0 Å². The molecule has 0 atom stereocenters. The summed E-state index contributed by atoms with van der Waals surface area (Å²) in [4.78, 5) is 24.3. The van der Waals surface area contributed by atoms with E-state index in [1.165, 1.54) is 17.0 Å². The fourth-order valence-corrected chi connectivity index (χ4v) is 2.21. The second-order valence-corrected chi connectivity index (χ2v) is 5.03. The maximum absolute atomic E-state index is 12.2. The van der Waals surface area contributed by atoms with E-state index in [1.807, 2.05) is 0 Å². The minimum atomic E-state index is -1.03. The molecule has 1 saturated carbocycles. The van der Waals surface area contributed by atoms with Crippen LogP contribution in [0.15, 0.2) is 18.2 Å². The molecule has 0 heterocycles. The fourth-order valence-electron chi connectivity index (χ4n) is 1.72. The number of hydrogen-bond donors (Lipinski definition) is 1. The van der Waals surface area contributed by atoms with E-state index in [9.17, 15) is 9.59 Å². The zero-order chi connectivity index (χ0) is 13.3. The zero-order valence-electron chi connectivity index (χ0n) is 9.40. The summed E-state index contributed by atoms with van der Waals surface area (Å²) in [5.74, 6) is -1.39. The Hall–Kier alpha value is -1.26. The maximum atomic E-state index is 12.2. The highest BCUT2D eigenvalue weighted by atomic mass is 35.5. The molecule has 0 saturated heterocycles. The minimum Gasteiger partial charge on any atom is -0.480 e. The quantitative estimate of drug-likeness (QED) is 0.926. The van der Waals surface area contributed by atoms with Crippen molar-refractivity contribution in [3.63, 3.8) is 0 Å². The van der Waals surface area contributed by atoms with Gasteiger partial charge in [0.2, 0.25) is 0 Å². The van der Waals surface area contributed by atoms with E-state index in [2.05, 4.69) is 0 Å². The molecule has 1 amide bonds. The lowest BCUT2D eigenvalue weighted by molar-refractivity contribution is -0.137. The van der Waals surface area contributed by atoms with Gasteiger partial charge in [-0.2, -0.15) is 0 Å². The standard InChI is InChI=1S/C12H11Cl2NO3/c13-7-1-4-9(10(14)5-7)12(18)15(6-11(16)17)8-2-3-8/h1,4-5,8H,2-3,6H2,(H,16,17). The van der Waals surface area contributed by atoms with Crippen LogP contribution in [0.3, 0.4) is 0 Å². The summed E-state index contributed by atoms with van der Waals surface area (Å²) in [5.41, 5.74) is 0.286. The van der Waals surface area contributed by atoms with Gasteiger partial charge in [-0.3, -0.25) is 9.59 Å². The number of hydrogen-bond acceptors (Lipinski definition) is 2. The molecule has 0 aromatic heterocycles. The number of carbonyl (C=O) groups excluding carboxylic acids is 1. The topological polar surface area (TPSA) is 57.6 Å². The van der Waals surface area contributed by atoms with Crippen molar-refractivity contribution in [2.45, 2.75) is 18.9 Å². The second kappa shape index (κ2) is 5.16. The van der Waals surface area contributed by atoms with Crippen molar-refractivity contribution < 1.29 is 14.7 Å². The molecule has 1 aromatic rings. The molecular weight excluding hydrogens is 277 g/mol. The molecule has 18 heavy (non-hydrogen) atoms. The van der Waals surface area contributed by atoms with Gasteiger partial charge in [-0.1, -0.05) is 23.2 Å². The Balaban J connectivity index is 2.24. The molecule has 2 rings (SSSR count). The first-order valence-corrected chi connectivity index (χ1v) is 6.22. The van der Waals surface area contributed by atoms with Gasteiger partial charge in [-0.05, 0) is 31.0 Å². The molecule has 0 unspecified atom stereocenters. The van der Waals surface area contributed by atoms with Gasteiger partial charge in [0, 0.05) is 11.1 Å². The number of rotatable bonds is 4. The van der Waals surface area contributed by atoms with Crippen LogP contribution in [0.1, 0.15) is 23.2 Å². The van der Waals surface area contributed by atoms with E-state index < -0.39 is 5.97 Å². The summed E-state index contributed by atoms with van der Waals surface area (Å²) in [6.07, 6.45) is 1.68. The van der Waals surface area contributed by atoms with Crippen molar-refractivity contribution in [3.8, 4) is 0 Å². The lowest BCUT2D eigenvalue weighted by Crippen LogP contribution is -2.37. The lowest BCUT2D eigenvalue weighted by atomic mass is 10.2. The van der Waals surface area contributed by atoms with Gasteiger partial charge < -0.3 is 10.0 Å². The van der Waals surface area contributed by atoms with Crippen molar-refractivity contribution in [1.82, 2.24) is 4.90 Å². The van der Waals surface area contributed by atoms with Gasteiger partial charge in [-0.25, -0.2) is 0 Å². The van der Waals surface area contributed by atoms with E-state index >= 15 is 0 Å². The molecule has 1 aromatic carbocycles. The van der Waals surface area contributed by atoms with Crippen LogP contribution in [0.2, 0.25) is 10.0 Å². The molecular formula is C12H11Cl2NO3. The van der Waals surface area contributed by atoms with Crippen molar-refractivity contribution in [2.75, 3.05) is 6.54 Å². The number of carboxylic acids is 1. The Morgan fingerprint density at radius 1 is 1.33 bits per heavy atom. The normalized spacial score (nSPS) is 14.3. The Morgan fingerprint density at radius 3 is 2.50 bits per heavy atom. The third kappa shape index (κ3) is 2.94. The minimum absolute atomic E-state index is 0.0142. The molecule has 1 aliphatic rings. The predicted molar refractivity (Wildman–Crippen MR) is 68.2 cm³/mol. The fraction of sp³-hybridized carbons (Fsp3) is 0.333. The van der Waals surface area contributed by atoms with Crippen LogP contribution in [0.5, 0.6) is 0 Å². The summed E-state index contributed by atoms with van der Waals surface area (Å²) in [7, 11) is 0. The van der Waals surface area contributed by atoms with Crippen molar-refractivity contribution in [3.05, 3.63) is 33.8 Å². The van der Waals surface area contributed by atoms with Crippen LogP contribution in [0, 0.1) is 0 Å². The number of nitrogens with zero attached hydrogens (tertiary/aromatic N) is 1. The second-order valence-electron chi connectivity index (χ2n) is 4.18. The summed E-state index contributed by atoms with van der Waals surface area (Å²) >= 11 is 11.7. The van der Waals surface area contributed by atoms with Gasteiger partial charge in [0.1, 0.15) is 6.54 Å². The molecule has 1 N–H and O–H groups in total. The van der Waals surface area contributed by atoms with E-state index in [0.717, 1.165) is 12.8 Å². The van der Waals surface area contributed by atoms with Crippen LogP contribution in [0.4, 0.5) is 0 Å². The molecule has 0 radical (unpaired) electrons. The zero-order valence-corrected chi connectivity index (χ0v) is 10.9. The third-order valence-electron chi connectivity index (χ3n) is 2.72. The summed E-state index contributed by atoms with van der Waals surface area (Å²) in [5, 5.41) is 9.50. The molecule has 1 aliphatic carbocycles. The molecule has 4 nitrogen and oxygen atoms in total.